The first kappa shape index (κ1) is 20.5. The summed E-state index contributed by atoms with van der Waals surface area (Å²) in [5.74, 6) is 0.918. The van der Waals surface area contributed by atoms with Crippen molar-refractivity contribution in [3.8, 4) is 0 Å². The second-order valence-corrected chi connectivity index (χ2v) is 6.69. The first-order chi connectivity index (χ1) is 12.7. The maximum Gasteiger partial charge on any atom is 0.193 e. The number of rotatable bonds is 9. The molecule has 0 bridgehead atoms. The Balaban J connectivity index is 1.74. The predicted octanol–water partition coefficient (Wildman–Crippen LogP) is 3.36. The molecule has 1 N–H and O–H groups in total. The van der Waals surface area contributed by atoms with Crippen molar-refractivity contribution in [2.75, 3.05) is 33.9 Å². The molecule has 0 unspecified atom stereocenters. The highest BCUT2D eigenvalue weighted by atomic mass is 16.5. The summed E-state index contributed by atoms with van der Waals surface area (Å²) < 4.78 is 11.3. The van der Waals surface area contributed by atoms with E-state index in [2.05, 4.69) is 53.1 Å². The molecule has 0 aromatic heterocycles. The Bertz CT molecular complexity index is 551. The van der Waals surface area contributed by atoms with Crippen LogP contribution in [0.15, 0.2) is 41.9 Å². The summed E-state index contributed by atoms with van der Waals surface area (Å²) in [5.41, 5.74) is 2.45. The molecule has 144 valence electrons. The van der Waals surface area contributed by atoms with Gasteiger partial charge in [-0.05, 0) is 36.8 Å². The normalized spacial score (nSPS) is 15.7. The second kappa shape index (κ2) is 11.7. The smallest absolute Gasteiger partial charge is 0.193 e. The lowest BCUT2D eigenvalue weighted by atomic mass is 10.1. The lowest BCUT2D eigenvalue weighted by Crippen LogP contribution is -2.38. The Kier molecular flexibility index (Phi) is 9.21. The first-order valence-electron chi connectivity index (χ1n) is 9.52. The lowest BCUT2D eigenvalue weighted by molar-refractivity contribution is -0.0390. The zero-order valence-electron chi connectivity index (χ0n) is 16.2. The maximum absolute atomic E-state index is 5.97. The van der Waals surface area contributed by atoms with Crippen LogP contribution in [0.5, 0.6) is 0 Å². The number of nitrogens with zero attached hydrogens (tertiary/aromatic N) is 2. The number of unbranched alkanes of at least 4 members (excludes halogenated alkanes) is 1. The molecular formula is C21H33N3O2. The molecule has 1 saturated heterocycles. The van der Waals surface area contributed by atoms with Gasteiger partial charge in [0.25, 0.3) is 0 Å². The number of benzene rings is 1. The second-order valence-electron chi connectivity index (χ2n) is 6.69. The van der Waals surface area contributed by atoms with Gasteiger partial charge in [-0.2, -0.15) is 0 Å². The highest BCUT2D eigenvalue weighted by Gasteiger charge is 2.13. The minimum atomic E-state index is 0.338. The number of guanidine groups is 1. The van der Waals surface area contributed by atoms with Gasteiger partial charge in [0.05, 0.1) is 12.7 Å². The van der Waals surface area contributed by atoms with Gasteiger partial charge in [0.15, 0.2) is 5.96 Å². The maximum atomic E-state index is 5.97. The van der Waals surface area contributed by atoms with Crippen LogP contribution >= 0.6 is 0 Å². The number of hydrogen-bond acceptors (Lipinski definition) is 3. The van der Waals surface area contributed by atoms with E-state index in [1.807, 2.05) is 13.1 Å². The van der Waals surface area contributed by atoms with Crippen LogP contribution < -0.4 is 5.32 Å². The predicted molar refractivity (Wildman–Crippen MR) is 107 cm³/mol. The van der Waals surface area contributed by atoms with Crippen molar-refractivity contribution in [1.29, 1.82) is 0 Å². The largest absolute Gasteiger partial charge is 0.381 e. The SMILES string of the molecule is C=CCCCN(C)C(=NC)NCc1ccc(COC2CCOCC2)cc1. The van der Waals surface area contributed by atoms with Crippen LogP contribution in [0.2, 0.25) is 0 Å². The van der Waals surface area contributed by atoms with Crippen molar-refractivity contribution < 1.29 is 9.47 Å². The van der Waals surface area contributed by atoms with Gasteiger partial charge in [0, 0.05) is 40.4 Å². The molecule has 0 amide bonds. The van der Waals surface area contributed by atoms with Crippen LogP contribution in [0.3, 0.4) is 0 Å². The van der Waals surface area contributed by atoms with Gasteiger partial charge in [-0.25, -0.2) is 0 Å². The average Bonchev–Trinajstić information content (AvgIpc) is 2.69. The van der Waals surface area contributed by atoms with Crippen LogP contribution in [0.25, 0.3) is 0 Å². The van der Waals surface area contributed by atoms with Gasteiger partial charge >= 0.3 is 0 Å². The summed E-state index contributed by atoms with van der Waals surface area (Å²) in [4.78, 5) is 6.51. The molecule has 1 aromatic carbocycles. The number of ether oxygens (including phenoxy) is 2. The Labute approximate surface area is 158 Å². The topological polar surface area (TPSA) is 46.1 Å². The van der Waals surface area contributed by atoms with Gasteiger partial charge in [0.1, 0.15) is 0 Å². The molecule has 26 heavy (non-hydrogen) atoms. The summed E-state index contributed by atoms with van der Waals surface area (Å²) in [6.07, 6.45) is 6.41. The zero-order valence-corrected chi connectivity index (χ0v) is 16.2. The quantitative estimate of drug-likeness (QED) is 0.318. The van der Waals surface area contributed by atoms with Gasteiger partial charge in [-0.1, -0.05) is 30.3 Å². The molecule has 0 atom stereocenters. The highest BCUT2D eigenvalue weighted by Crippen LogP contribution is 2.14. The molecule has 0 saturated carbocycles. The van der Waals surface area contributed by atoms with Gasteiger partial charge in [-0.15, -0.1) is 6.58 Å². The molecular weight excluding hydrogens is 326 g/mol. The van der Waals surface area contributed by atoms with E-state index in [0.717, 1.165) is 57.9 Å². The average molecular weight is 360 g/mol. The van der Waals surface area contributed by atoms with E-state index >= 15 is 0 Å². The van der Waals surface area contributed by atoms with Gasteiger partial charge in [-0.3, -0.25) is 4.99 Å². The summed E-state index contributed by atoms with van der Waals surface area (Å²) >= 11 is 0. The number of nitrogens with one attached hydrogen (secondary N) is 1. The Morgan fingerprint density at radius 2 is 2.00 bits per heavy atom. The third kappa shape index (κ3) is 7.18. The molecule has 5 heteroatoms. The van der Waals surface area contributed by atoms with Crippen LogP contribution in [0.1, 0.15) is 36.8 Å². The van der Waals surface area contributed by atoms with Crippen molar-refractivity contribution in [2.45, 2.75) is 44.9 Å². The highest BCUT2D eigenvalue weighted by molar-refractivity contribution is 5.79. The fourth-order valence-corrected chi connectivity index (χ4v) is 2.95. The van der Waals surface area contributed by atoms with Crippen LogP contribution in [-0.2, 0) is 22.6 Å². The molecule has 1 heterocycles. The van der Waals surface area contributed by atoms with Crippen molar-refractivity contribution in [1.82, 2.24) is 10.2 Å². The van der Waals surface area contributed by atoms with Gasteiger partial charge < -0.3 is 19.7 Å². The van der Waals surface area contributed by atoms with E-state index < -0.39 is 0 Å². The summed E-state index contributed by atoms with van der Waals surface area (Å²) in [5, 5.41) is 3.42. The van der Waals surface area contributed by atoms with E-state index in [0.29, 0.717) is 12.7 Å². The molecule has 2 rings (SSSR count). The Morgan fingerprint density at radius 3 is 2.65 bits per heavy atom. The van der Waals surface area contributed by atoms with Crippen LogP contribution in [0, 0.1) is 0 Å². The van der Waals surface area contributed by atoms with E-state index in [1.54, 1.807) is 0 Å². The molecule has 1 fully saturated rings. The van der Waals surface area contributed by atoms with E-state index in [9.17, 15) is 0 Å². The fourth-order valence-electron chi connectivity index (χ4n) is 2.95. The molecule has 1 aliphatic heterocycles. The van der Waals surface area contributed by atoms with E-state index in [4.69, 9.17) is 9.47 Å². The minimum absolute atomic E-state index is 0.338. The monoisotopic (exact) mass is 359 g/mol. The molecule has 1 aromatic rings. The van der Waals surface area contributed by atoms with Gasteiger partial charge in [0.2, 0.25) is 0 Å². The number of hydrogen-bond donors (Lipinski definition) is 1. The lowest BCUT2D eigenvalue weighted by Gasteiger charge is -2.22. The Hall–Kier alpha value is -1.85. The third-order valence-corrected chi connectivity index (χ3v) is 4.60. The standard InChI is InChI=1S/C21H33N3O2/c1-4-5-6-13-24(3)21(22-2)23-16-18-7-9-19(10-8-18)17-26-20-11-14-25-15-12-20/h4,7-10,20H,1,5-6,11-17H2,2-3H3,(H,22,23). The molecule has 0 radical (unpaired) electrons. The third-order valence-electron chi connectivity index (χ3n) is 4.60. The summed E-state index contributed by atoms with van der Waals surface area (Å²) in [6, 6.07) is 8.60. The number of aliphatic imine (C=N–C) groups is 1. The van der Waals surface area contributed by atoms with Crippen molar-refractivity contribution in [2.24, 2.45) is 4.99 Å². The van der Waals surface area contributed by atoms with Crippen molar-refractivity contribution >= 4 is 5.96 Å². The molecule has 0 spiro atoms. The molecule has 5 nitrogen and oxygen atoms in total. The first-order valence-corrected chi connectivity index (χ1v) is 9.52. The van der Waals surface area contributed by atoms with Crippen LogP contribution in [0.4, 0.5) is 0 Å². The van der Waals surface area contributed by atoms with E-state index in [1.165, 1.54) is 11.1 Å². The van der Waals surface area contributed by atoms with E-state index in [-0.39, 0.29) is 0 Å². The molecule has 0 aliphatic carbocycles. The Morgan fingerprint density at radius 1 is 1.31 bits per heavy atom. The minimum Gasteiger partial charge on any atom is -0.381 e. The zero-order chi connectivity index (χ0) is 18.6. The summed E-state index contributed by atoms with van der Waals surface area (Å²) in [6.45, 7) is 7.81. The number of allylic oxidation sites excluding steroid dienone is 1. The van der Waals surface area contributed by atoms with Crippen LogP contribution in [-0.4, -0.2) is 50.8 Å². The van der Waals surface area contributed by atoms with Crippen molar-refractivity contribution in [3.63, 3.8) is 0 Å². The summed E-state index contributed by atoms with van der Waals surface area (Å²) in [7, 11) is 3.89. The molecule has 1 aliphatic rings. The fraction of sp³-hybridized carbons (Fsp3) is 0.571. The van der Waals surface area contributed by atoms with Crippen molar-refractivity contribution in [3.05, 3.63) is 48.0 Å².